The van der Waals surface area contributed by atoms with E-state index < -0.39 is 33.6 Å². The van der Waals surface area contributed by atoms with Gasteiger partial charge in [0, 0.05) is 13.1 Å². The first-order chi connectivity index (χ1) is 9.08. The average molecular weight is 311 g/mol. The predicted molar refractivity (Wildman–Crippen MR) is 68.4 cm³/mol. The van der Waals surface area contributed by atoms with Gasteiger partial charge in [-0.05, 0) is 18.6 Å². The maximum Gasteiger partial charge on any atom is 0.416 e. The fourth-order valence-electron chi connectivity index (χ4n) is 1.54. The molecule has 1 rings (SSSR count). The van der Waals surface area contributed by atoms with E-state index in [9.17, 15) is 21.6 Å². The van der Waals surface area contributed by atoms with Crippen molar-refractivity contribution in [3.63, 3.8) is 0 Å². The normalized spacial score (nSPS) is 14.6. The van der Waals surface area contributed by atoms with E-state index in [0.29, 0.717) is 0 Å². The minimum atomic E-state index is -4.51. The van der Waals surface area contributed by atoms with Gasteiger partial charge in [-0.3, -0.25) is 0 Å². The predicted octanol–water partition coefficient (Wildman–Crippen LogP) is 1.85. The third kappa shape index (κ3) is 4.19. The summed E-state index contributed by atoms with van der Waals surface area (Å²) in [6.07, 6.45) is -4.51. The molecule has 4 nitrogen and oxygen atoms in total. The molecule has 0 spiro atoms. The largest absolute Gasteiger partial charge is 0.416 e. The molecule has 20 heavy (non-hydrogen) atoms. The van der Waals surface area contributed by atoms with Crippen LogP contribution in [0.25, 0.3) is 0 Å². The van der Waals surface area contributed by atoms with Crippen molar-refractivity contribution in [1.82, 2.24) is 4.31 Å². The van der Waals surface area contributed by atoms with Crippen LogP contribution in [0.4, 0.5) is 13.2 Å². The molecule has 1 aromatic carbocycles. The van der Waals surface area contributed by atoms with Crippen molar-refractivity contribution in [1.29, 1.82) is 0 Å². The SMILES string of the molecule is CC(CO)N(C)S(=O)(=O)Cc1cccc(C(F)(F)F)c1. The molecule has 0 aliphatic heterocycles. The van der Waals surface area contributed by atoms with Crippen molar-refractivity contribution in [3.8, 4) is 0 Å². The highest BCUT2D eigenvalue weighted by atomic mass is 32.2. The lowest BCUT2D eigenvalue weighted by molar-refractivity contribution is -0.137. The molecule has 0 aliphatic rings. The van der Waals surface area contributed by atoms with Gasteiger partial charge in [-0.2, -0.15) is 17.5 Å². The number of nitrogens with zero attached hydrogens (tertiary/aromatic N) is 1. The zero-order valence-electron chi connectivity index (χ0n) is 11.1. The van der Waals surface area contributed by atoms with Gasteiger partial charge in [0.25, 0.3) is 0 Å². The average Bonchev–Trinajstić information content (AvgIpc) is 2.35. The molecule has 0 saturated carbocycles. The smallest absolute Gasteiger partial charge is 0.395 e. The number of aliphatic hydroxyl groups is 1. The van der Waals surface area contributed by atoms with Crippen molar-refractivity contribution < 1.29 is 26.7 Å². The molecule has 0 saturated heterocycles. The van der Waals surface area contributed by atoms with Gasteiger partial charge in [0.15, 0.2) is 0 Å². The van der Waals surface area contributed by atoms with E-state index in [1.165, 1.54) is 26.1 Å². The van der Waals surface area contributed by atoms with Crippen LogP contribution in [-0.2, 0) is 22.0 Å². The van der Waals surface area contributed by atoms with Crippen LogP contribution in [0.3, 0.4) is 0 Å². The number of likely N-dealkylation sites (N-methyl/N-ethyl adjacent to an activating group) is 1. The molecular formula is C12H16F3NO3S. The zero-order valence-corrected chi connectivity index (χ0v) is 11.9. The van der Waals surface area contributed by atoms with Crippen LogP contribution >= 0.6 is 0 Å². The highest BCUT2D eigenvalue weighted by Crippen LogP contribution is 2.30. The van der Waals surface area contributed by atoms with Gasteiger partial charge in [0.2, 0.25) is 10.0 Å². The zero-order chi connectivity index (χ0) is 15.6. The van der Waals surface area contributed by atoms with E-state index in [1.807, 2.05) is 0 Å². The summed E-state index contributed by atoms with van der Waals surface area (Å²) in [5.74, 6) is -0.544. The van der Waals surface area contributed by atoms with E-state index in [0.717, 1.165) is 16.4 Å². The number of rotatable bonds is 5. The van der Waals surface area contributed by atoms with Crippen LogP contribution < -0.4 is 0 Å². The molecule has 0 aliphatic carbocycles. The Balaban J connectivity index is 2.99. The van der Waals surface area contributed by atoms with Crippen molar-refractivity contribution >= 4 is 10.0 Å². The van der Waals surface area contributed by atoms with Gasteiger partial charge < -0.3 is 5.11 Å². The number of hydrogen-bond donors (Lipinski definition) is 1. The molecule has 0 bridgehead atoms. The summed E-state index contributed by atoms with van der Waals surface area (Å²) in [7, 11) is -2.50. The second kappa shape index (κ2) is 6.11. The molecule has 1 atom stereocenters. The molecular weight excluding hydrogens is 295 g/mol. The fourth-order valence-corrected chi connectivity index (χ4v) is 2.96. The summed E-state index contributed by atoms with van der Waals surface area (Å²) >= 11 is 0. The Morgan fingerprint density at radius 1 is 1.35 bits per heavy atom. The molecule has 8 heteroatoms. The molecule has 0 heterocycles. The van der Waals surface area contributed by atoms with Crippen LogP contribution in [0.5, 0.6) is 0 Å². The molecule has 1 N–H and O–H groups in total. The standard InChI is InChI=1S/C12H16F3NO3S/c1-9(7-17)16(2)20(18,19)8-10-4-3-5-11(6-10)12(13,14)15/h3-6,9,17H,7-8H2,1-2H3. The maximum absolute atomic E-state index is 12.5. The minimum Gasteiger partial charge on any atom is -0.395 e. The summed E-state index contributed by atoms with van der Waals surface area (Å²) in [5, 5.41) is 8.93. The van der Waals surface area contributed by atoms with Gasteiger partial charge >= 0.3 is 6.18 Å². The second-order valence-electron chi connectivity index (χ2n) is 4.50. The van der Waals surface area contributed by atoms with Gasteiger partial charge in [0.1, 0.15) is 0 Å². The summed E-state index contributed by atoms with van der Waals surface area (Å²) in [5.41, 5.74) is -0.833. The van der Waals surface area contributed by atoms with Crippen molar-refractivity contribution in [3.05, 3.63) is 35.4 Å². The monoisotopic (exact) mass is 311 g/mol. The number of halogens is 3. The highest BCUT2D eigenvalue weighted by molar-refractivity contribution is 7.88. The lowest BCUT2D eigenvalue weighted by Gasteiger charge is -2.22. The van der Waals surface area contributed by atoms with Crippen LogP contribution in [0, 0.1) is 0 Å². The van der Waals surface area contributed by atoms with Gasteiger partial charge in [-0.25, -0.2) is 8.42 Å². The summed E-state index contributed by atoms with van der Waals surface area (Å²) in [6, 6.07) is 3.56. The Bertz CT molecular complexity index is 557. The van der Waals surface area contributed by atoms with E-state index in [2.05, 4.69) is 0 Å². The Labute approximate surface area is 115 Å². The number of alkyl halides is 3. The quantitative estimate of drug-likeness (QED) is 0.903. The minimum absolute atomic E-state index is 0.0526. The molecule has 0 fully saturated rings. The fraction of sp³-hybridized carbons (Fsp3) is 0.500. The van der Waals surface area contributed by atoms with Crippen LogP contribution in [0.2, 0.25) is 0 Å². The van der Waals surface area contributed by atoms with E-state index >= 15 is 0 Å². The van der Waals surface area contributed by atoms with Gasteiger partial charge in [-0.1, -0.05) is 18.2 Å². The van der Waals surface area contributed by atoms with Crippen molar-refractivity contribution in [2.75, 3.05) is 13.7 Å². The van der Waals surface area contributed by atoms with E-state index in [4.69, 9.17) is 5.11 Å². The van der Waals surface area contributed by atoms with Gasteiger partial charge in [-0.15, -0.1) is 0 Å². The van der Waals surface area contributed by atoms with Crippen LogP contribution in [0.15, 0.2) is 24.3 Å². The lowest BCUT2D eigenvalue weighted by atomic mass is 10.1. The van der Waals surface area contributed by atoms with Gasteiger partial charge in [0.05, 0.1) is 17.9 Å². The number of hydrogen-bond acceptors (Lipinski definition) is 3. The number of sulfonamides is 1. The summed E-state index contributed by atoms with van der Waals surface area (Å²) in [4.78, 5) is 0. The van der Waals surface area contributed by atoms with E-state index in [-0.39, 0.29) is 12.2 Å². The first kappa shape index (κ1) is 16.9. The molecule has 1 unspecified atom stereocenters. The molecule has 0 radical (unpaired) electrons. The second-order valence-corrected chi connectivity index (χ2v) is 6.53. The molecule has 1 aromatic rings. The van der Waals surface area contributed by atoms with Crippen LogP contribution in [-0.4, -0.2) is 37.5 Å². The summed E-state index contributed by atoms with van der Waals surface area (Å²) < 4.78 is 62.6. The third-order valence-electron chi connectivity index (χ3n) is 2.93. The van der Waals surface area contributed by atoms with Crippen LogP contribution in [0.1, 0.15) is 18.1 Å². The highest BCUT2D eigenvalue weighted by Gasteiger charge is 2.31. The first-order valence-corrected chi connectivity index (χ1v) is 7.41. The Hall–Kier alpha value is -1.12. The van der Waals surface area contributed by atoms with E-state index in [1.54, 1.807) is 0 Å². The summed E-state index contributed by atoms with van der Waals surface area (Å²) in [6.45, 7) is 1.14. The number of aliphatic hydroxyl groups excluding tert-OH is 1. The number of benzene rings is 1. The maximum atomic E-state index is 12.5. The third-order valence-corrected chi connectivity index (χ3v) is 4.86. The van der Waals surface area contributed by atoms with Crippen molar-refractivity contribution in [2.24, 2.45) is 0 Å². The Morgan fingerprint density at radius 3 is 2.45 bits per heavy atom. The topological polar surface area (TPSA) is 57.6 Å². The Kier molecular flexibility index (Phi) is 5.17. The van der Waals surface area contributed by atoms with Crippen molar-refractivity contribution in [2.45, 2.75) is 24.9 Å². The lowest BCUT2D eigenvalue weighted by Crippen LogP contribution is -2.38. The molecule has 0 amide bonds. The molecule has 0 aromatic heterocycles. The Morgan fingerprint density at radius 2 is 1.95 bits per heavy atom. The molecule has 114 valence electrons. The first-order valence-electron chi connectivity index (χ1n) is 5.80.